The summed E-state index contributed by atoms with van der Waals surface area (Å²) in [5.41, 5.74) is 0. The molecule has 0 aliphatic heterocycles. The molecule has 0 aromatic rings. The average molecular weight is 380 g/mol. The van der Waals surface area contributed by atoms with Crippen molar-refractivity contribution >= 4 is 11.8 Å². The van der Waals surface area contributed by atoms with Gasteiger partial charge < -0.3 is 15.5 Å². The molecule has 0 saturated carbocycles. The first-order chi connectivity index (χ1) is 13.1. The molecule has 2 N–H and O–H groups in total. The summed E-state index contributed by atoms with van der Waals surface area (Å²) in [6.07, 6.45) is 15.6. The van der Waals surface area contributed by atoms with Crippen LogP contribution in [0.3, 0.4) is 0 Å². The first-order valence-corrected chi connectivity index (χ1v) is 10.7. The van der Waals surface area contributed by atoms with Crippen molar-refractivity contribution in [1.82, 2.24) is 15.5 Å². The minimum absolute atomic E-state index is 0.108. The normalized spacial score (nSPS) is 11.6. The summed E-state index contributed by atoms with van der Waals surface area (Å²) in [4.78, 5) is 25.8. The van der Waals surface area contributed by atoms with Crippen LogP contribution in [-0.4, -0.2) is 49.4 Å². The molecule has 0 aliphatic rings. The number of allylic oxidation sites excluding steroid dienone is 4. The zero-order chi connectivity index (χ0) is 20.2. The minimum atomic E-state index is 0.108. The van der Waals surface area contributed by atoms with Crippen molar-refractivity contribution in [2.24, 2.45) is 0 Å². The molecule has 0 saturated heterocycles. The Labute approximate surface area is 166 Å². The molecule has 0 aromatic carbocycles. The summed E-state index contributed by atoms with van der Waals surface area (Å²) < 4.78 is 0. The number of hydrogen-bond donors (Lipinski definition) is 2. The molecule has 0 unspecified atom stereocenters. The number of nitrogens with one attached hydrogen (secondary N) is 2. The van der Waals surface area contributed by atoms with Gasteiger partial charge in [-0.1, -0.05) is 57.9 Å². The van der Waals surface area contributed by atoms with Gasteiger partial charge in [0.1, 0.15) is 0 Å². The van der Waals surface area contributed by atoms with Crippen molar-refractivity contribution < 1.29 is 9.59 Å². The molecule has 0 heterocycles. The molecule has 5 heteroatoms. The molecule has 0 rings (SSSR count). The number of nitrogens with zero attached hydrogens (tertiary/aromatic N) is 1. The number of carbonyl (C=O) groups is 2. The number of amides is 2. The quantitative estimate of drug-likeness (QED) is 0.378. The van der Waals surface area contributed by atoms with E-state index in [1.54, 1.807) is 0 Å². The lowest BCUT2D eigenvalue weighted by Gasteiger charge is -2.20. The van der Waals surface area contributed by atoms with Gasteiger partial charge in [-0.3, -0.25) is 9.59 Å². The smallest absolute Gasteiger partial charge is 0.220 e. The predicted octanol–water partition coefficient (Wildman–Crippen LogP) is 3.81. The van der Waals surface area contributed by atoms with Crippen molar-refractivity contribution in [3.05, 3.63) is 24.3 Å². The number of carbonyl (C=O) groups excluding carboxylic acids is 2. The second-order valence-corrected chi connectivity index (χ2v) is 6.73. The van der Waals surface area contributed by atoms with E-state index in [-0.39, 0.29) is 11.8 Å². The molecule has 27 heavy (non-hydrogen) atoms. The van der Waals surface area contributed by atoms with E-state index in [4.69, 9.17) is 0 Å². The highest BCUT2D eigenvalue weighted by Gasteiger charge is 2.05. The van der Waals surface area contributed by atoms with Crippen molar-refractivity contribution in [2.45, 2.75) is 72.1 Å². The second kappa shape index (κ2) is 19.2. The molecule has 0 fully saturated rings. The first-order valence-electron chi connectivity index (χ1n) is 10.7. The van der Waals surface area contributed by atoms with Crippen LogP contribution in [0.25, 0.3) is 0 Å². The highest BCUT2D eigenvalue weighted by molar-refractivity contribution is 5.76. The second-order valence-electron chi connectivity index (χ2n) is 6.73. The molecule has 5 nitrogen and oxygen atoms in total. The van der Waals surface area contributed by atoms with Gasteiger partial charge in [-0.05, 0) is 32.2 Å². The van der Waals surface area contributed by atoms with Gasteiger partial charge in [-0.15, -0.1) is 0 Å². The lowest BCUT2D eigenvalue weighted by atomic mass is 10.2. The Morgan fingerprint density at radius 1 is 0.704 bits per heavy atom. The van der Waals surface area contributed by atoms with E-state index in [1.165, 1.54) is 0 Å². The molecular weight excluding hydrogens is 338 g/mol. The van der Waals surface area contributed by atoms with Crippen molar-refractivity contribution in [3.8, 4) is 0 Å². The van der Waals surface area contributed by atoms with E-state index in [9.17, 15) is 9.59 Å². The summed E-state index contributed by atoms with van der Waals surface area (Å²) >= 11 is 0. The van der Waals surface area contributed by atoms with Crippen LogP contribution in [0.15, 0.2) is 24.3 Å². The molecular formula is C22H41N3O2. The van der Waals surface area contributed by atoms with Crippen LogP contribution in [0.1, 0.15) is 72.1 Å². The van der Waals surface area contributed by atoms with Crippen LogP contribution in [0.5, 0.6) is 0 Å². The molecule has 0 spiro atoms. The maximum Gasteiger partial charge on any atom is 0.220 e. The van der Waals surface area contributed by atoms with Crippen LogP contribution >= 0.6 is 0 Å². The van der Waals surface area contributed by atoms with E-state index in [0.717, 1.165) is 58.2 Å². The zero-order valence-electron chi connectivity index (χ0n) is 17.8. The molecule has 0 aromatic heterocycles. The SMILES string of the molecule is CCC/C=C/CCC(=O)NCCN(CC)CCNC(=O)CC/C=C/CCC. The fraction of sp³-hybridized carbons (Fsp3) is 0.727. The summed E-state index contributed by atoms with van der Waals surface area (Å²) in [6.45, 7) is 10.2. The predicted molar refractivity (Wildman–Crippen MR) is 115 cm³/mol. The largest absolute Gasteiger partial charge is 0.355 e. The lowest BCUT2D eigenvalue weighted by Crippen LogP contribution is -2.39. The summed E-state index contributed by atoms with van der Waals surface area (Å²) in [5.74, 6) is 0.216. The highest BCUT2D eigenvalue weighted by atomic mass is 16.2. The summed E-state index contributed by atoms with van der Waals surface area (Å²) in [7, 11) is 0. The van der Waals surface area contributed by atoms with Gasteiger partial charge in [-0.25, -0.2) is 0 Å². The van der Waals surface area contributed by atoms with E-state index in [2.05, 4.69) is 60.6 Å². The fourth-order valence-electron chi connectivity index (χ4n) is 2.55. The molecule has 0 bridgehead atoms. The Bertz CT molecular complexity index is 395. The third-order valence-corrected chi connectivity index (χ3v) is 4.27. The van der Waals surface area contributed by atoms with E-state index in [1.807, 2.05) is 0 Å². The van der Waals surface area contributed by atoms with Gasteiger partial charge >= 0.3 is 0 Å². The Balaban J connectivity index is 3.73. The van der Waals surface area contributed by atoms with Crippen LogP contribution in [-0.2, 0) is 9.59 Å². The van der Waals surface area contributed by atoms with Crippen molar-refractivity contribution in [3.63, 3.8) is 0 Å². The van der Waals surface area contributed by atoms with Crippen molar-refractivity contribution in [1.29, 1.82) is 0 Å². The lowest BCUT2D eigenvalue weighted by molar-refractivity contribution is -0.121. The first kappa shape index (κ1) is 25.4. The summed E-state index contributed by atoms with van der Waals surface area (Å²) in [5, 5.41) is 5.95. The van der Waals surface area contributed by atoms with E-state index >= 15 is 0 Å². The van der Waals surface area contributed by atoms with Crippen LogP contribution in [0, 0.1) is 0 Å². The van der Waals surface area contributed by atoms with Gasteiger partial charge in [0.05, 0.1) is 0 Å². The summed E-state index contributed by atoms with van der Waals surface area (Å²) in [6, 6.07) is 0. The standard InChI is InChI=1S/C22H41N3O2/c1-4-7-9-11-13-15-21(26)23-17-19-25(6-3)20-18-24-22(27)16-14-12-10-8-5-2/h9-12H,4-8,13-20H2,1-3H3,(H,23,26)(H,24,27)/b11-9+,12-10+. The van der Waals surface area contributed by atoms with Gasteiger partial charge in [0.15, 0.2) is 0 Å². The maximum absolute atomic E-state index is 11.8. The molecule has 0 aliphatic carbocycles. The Kier molecular flexibility index (Phi) is 18.0. The van der Waals surface area contributed by atoms with Gasteiger partial charge in [0.25, 0.3) is 0 Å². The van der Waals surface area contributed by atoms with Crippen LogP contribution in [0.2, 0.25) is 0 Å². The van der Waals surface area contributed by atoms with E-state index in [0.29, 0.717) is 25.9 Å². The number of unbranched alkanes of at least 4 members (excludes halogenated alkanes) is 2. The van der Waals surface area contributed by atoms with Crippen LogP contribution in [0.4, 0.5) is 0 Å². The molecule has 156 valence electrons. The monoisotopic (exact) mass is 379 g/mol. The third kappa shape index (κ3) is 17.5. The third-order valence-electron chi connectivity index (χ3n) is 4.27. The maximum atomic E-state index is 11.8. The Morgan fingerprint density at radius 2 is 1.11 bits per heavy atom. The number of hydrogen-bond acceptors (Lipinski definition) is 3. The van der Waals surface area contributed by atoms with Gasteiger partial charge in [0.2, 0.25) is 11.8 Å². The van der Waals surface area contributed by atoms with Gasteiger partial charge in [0, 0.05) is 39.0 Å². The fourth-order valence-corrected chi connectivity index (χ4v) is 2.55. The minimum Gasteiger partial charge on any atom is -0.355 e. The molecule has 0 radical (unpaired) electrons. The number of likely N-dealkylation sites (N-methyl/N-ethyl adjacent to an activating group) is 1. The molecule has 0 atom stereocenters. The Hall–Kier alpha value is -1.62. The Morgan fingerprint density at radius 3 is 1.48 bits per heavy atom. The highest BCUT2D eigenvalue weighted by Crippen LogP contribution is 1.96. The zero-order valence-corrected chi connectivity index (χ0v) is 17.8. The van der Waals surface area contributed by atoms with E-state index < -0.39 is 0 Å². The topological polar surface area (TPSA) is 61.4 Å². The molecule has 2 amide bonds. The van der Waals surface area contributed by atoms with Crippen LogP contribution < -0.4 is 10.6 Å². The van der Waals surface area contributed by atoms with Gasteiger partial charge in [-0.2, -0.15) is 0 Å². The van der Waals surface area contributed by atoms with Crippen molar-refractivity contribution in [2.75, 3.05) is 32.7 Å². The average Bonchev–Trinajstić information content (AvgIpc) is 2.66. The number of rotatable bonds is 17.